The topological polar surface area (TPSA) is 61.4 Å². The number of amides is 2. The lowest BCUT2D eigenvalue weighted by molar-refractivity contribution is 0.154. The van der Waals surface area contributed by atoms with Crippen molar-refractivity contribution in [3.8, 4) is 0 Å². The van der Waals surface area contributed by atoms with E-state index in [1.807, 2.05) is 49.0 Å². The van der Waals surface area contributed by atoms with Gasteiger partial charge < -0.3 is 15.7 Å². The number of nitrogens with one attached hydrogen (secondary N) is 2. The van der Waals surface area contributed by atoms with Crippen molar-refractivity contribution in [3.05, 3.63) is 35.9 Å². The monoisotopic (exact) mass is 322 g/mol. The Bertz CT molecular complexity index is 469. The van der Waals surface area contributed by atoms with Gasteiger partial charge in [-0.25, -0.2) is 4.79 Å². The van der Waals surface area contributed by atoms with E-state index in [9.17, 15) is 9.90 Å². The van der Waals surface area contributed by atoms with Crippen molar-refractivity contribution in [1.82, 2.24) is 10.6 Å². The number of carbonyl (C=O) groups is 1. The van der Waals surface area contributed by atoms with Crippen LogP contribution >= 0.6 is 11.8 Å². The third-order valence-corrected chi connectivity index (χ3v) is 5.38. The minimum absolute atomic E-state index is 0.0793. The molecular weight excluding hydrogens is 296 g/mol. The summed E-state index contributed by atoms with van der Waals surface area (Å²) in [5, 5.41) is 16.7. The minimum atomic E-state index is -0.554. The summed E-state index contributed by atoms with van der Waals surface area (Å²) in [6, 6.07) is 9.61. The molecule has 0 aliphatic heterocycles. The Kier molecular flexibility index (Phi) is 6.58. The van der Waals surface area contributed by atoms with Gasteiger partial charge in [-0.2, -0.15) is 11.8 Å². The Morgan fingerprint density at radius 3 is 2.77 bits per heavy atom. The zero-order chi connectivity index (χ0) is 15.9. The minimum Gasteiger partial charge on any atom is -0.388 e. The average molecular weight is 322 g/mol. The maximum absolute atomic E-state index is 12.1. The molecule has 1 fully saturated rings. The largest absolute Gasteiger partial charge is 0.388 e. The maximum Gasteiger partial charge on any atom is 0.315 e. The Morgan fingerprint density at radius 2 is 2.09 bits per heavy atom. The number of hydrogen-bond donors (Lipinski definition) is 3. The van der Waals surface area contributed by atoms with Crippen molar-refractivity contribution in [2.45, 2.75) is 56.0 Å². The summed E-state index contributed by atoms with van der Waals surface area (Å²) in [5.74, 6) is 0. The summed E-state index contributed by atoms with van der Waals surface area (Å²) < 4.78 is 0. The molecule has 4 atom stereocenters. The lowest BCUT2D eigenvalue weighted by atomic mass is 10.0. The highest BCUT2D eigenvalue weighted by Gasteiger charge is 2.28. The second-order valence-corrected chi connectivity index (χ2v) is 7.07. The molecule has 22 heavy (non-hydrogen) atoms. The second-order valence-electron chi connectivity index (χ2n) is 5.99. The lowest BCUT2D eigenvalue weighted by Crippen LogP contribution is -2.47. The van der Waals surface area contributed by atoms with Gasteiger partial charge in [0.05, 0.1) is 6.10 Å². The molecule has 0 spiro atoms. The van der Waals surface area contributed by atoms with Crippen LogP contribution in [0.4, 0.5) is 4.79 Å². The summed E-state index contributed by atoms with van der Waals surface area (Å²) in [6.07, 6.45) is 5.46. The van der Waals surface area contributed by atoms with E-state index < -0.39 is 6.10 Å². The van der Waals surface area contributed by atoms with Crippen molar-refractivity contribution >= 4 is 17.8 Å². The number of carbonyl (C=O) groups excluding carboxylic acids is 1. The molecule has 0 heterocycles. The fraction of sp³-hybridized carbons (Fsp3) is 0.588. The molecule has 0 unspecified atom stereocenters. The van der Waals surface area contributed by atoms with E-state index in [-0.39, 0.29) is 18.1 Å². The molecule has 1 aromatic carbocycles. The molecule has 4 nitrogen and oxygen atoms in total. The number of hydrogen-bond acceptors (Lipinski definition) is 3. The van der Waals surface area contributed by atoms with Crippen molar-refractivity contribution in [3.63, 3.8) is 0 Å². The van der Waals surface area contributed by atoms with Crippen LogP contribution in [0.25, 0.3) is 0 Å². The zero-order valence-corrected chi connectivity index (χ0v) is 14.1. The van der Waals surface area contributed by atoms with Gasteiger partial charge in [0, 0.05) is 17.3 Å². The number of benzene rings is 1. The first-order valence-corrected chi connectivity index (χ1v) is 9.21. The number of urea groups is 1. The highest BCUT2D eigenvalue weighted by atomic mass is 32.2. The molecule has 2 rings (SSSR count). The van der Waals surface area contributed by atoms with E-state index in [1.54, 1.807) is 0 Å². The summed E-state index contributed by atoms with van der Waals surface area (Å²) in [4.78, 5) is 12.1. The first-order chi connectivity index (χ1) is 10.6. The molecule has 1 aliphatic rings. The van der Waals surface area contributed by atoms with E-state index in [2.05, 4.69) is 16.9 Å². The molecule has 0 saturated heterocycles. The molecule has 3 N–H and O–H groups in total. The van der Waals surface area contributed by atoms with Gasteiger partial charge in [-0.1, -0.05) is 36.8 Å². The van der Waals surface area contributed by atoms with Crippen LogP contribution in [-0.4, -0.2) is 34.7 Å². The number of aliphatic hydroxyl groups excluding tert-OH is 1. The van der Waals surface area contributed by atoms with Crippen molar-refractivity contribution in [2.75, 3.05) is 6.26 Å². The van der Waals surface area contributed by atoms with Crippen LogP contribution in [0, 0.1) is 0 Å². The molecule has 0 radical (unpaired) electrons. The predicted molar refractivity (Wildman–Crippen MR) is 92.1 cm³/mol. The van der Waals surface area contributed by atoms with Crippen molar-refractivity contribution in [1.29, 1.82) is 0 Å². The van der Waals surface area contributed by atoms with Crippen molar-refractivity contribution < 1.29 is 9.90 Å². The van der Waals surface area contributed by atoms with E-state index in [0.717, 1.165) is 12.0 Å². The summed E-state index contributed by atoms with van der Waals surface area (Å²) in [7, 11) is 0. The Hall–Kier alpha value is -1.20. The third kappa shape index (κ3) is 4.92. The Morgan fingerprint density at radius 1 is 1.36 bits per heavy atom. The first kappa shape index (κ1) is 17.2. The SMILES string of the molecule is CS[C@@H]1CCC[C@@H]1NC(=O)N[C@H](C)C[C@H](O)c1ccccc1. The van der Waals surface area contributed by atoms with Gasteiger partial charge in [-0.3, -0.25) is 0 Å². The van der Waals surface area contributed by atoms with E-state index in [1.165, 1.54) is 12.8 Å². The van der Waals surface area contributed by atoms with Crippen LogP contribution in [-0.2, 0) is 0 Å². The fourth-order valence-corrected chi connectivity index (χ4v) is 3.95. The van der Waals surface area contributed by atoms with Gasteiger partial charge in [0.2, 0.25) is 0 Å². The molecular formula is C17H26N2O2S. The quantitative estimate of drug-likeness (QED) is 0.754. The van der Waals surface area contributed by atoms with E-state index >= 15 is 0 Å². The molecule has 1 saturated carbocycles. The molecule has 122 valence electrons. The Labute approximate surface area is 137 Å². The second kappa shape index (κ2) is 8.44. The van der Waals surface area contributed by atoms with Gasteiger partial charge in [0.25, 0.3) is 0 Å². The molecule has 2 amide bonds. The van der Waals surface area contributed by atoms with Gasteiger partial charge in [-0.05, 0) is 38.0 Å². The molecule has 0 bridgehead atoms. The molecule has 1 aromatic rings. The number of aliphatic hydroxyl groups is 1. The number of rotatable bonds is 6. The van der Waals surface area contributed by atoms with Crippen LogP contribution < -0.4 is 10.6 Å². The average Bonchev–Trinajstić information content (AvgIpc) is 2.94. The summed E-state index contributed by atoms with van der Waals surface area (Å²) in [6.45, 7) is 1.92. The first-order valence-electron chi connectivity index (χ1n) is 7.93. The van der Waals surface area contributed by atoms with Crippen LogP contribution in [0.15, 0.2) is 30.3 Å². The highest BCUT2D eigenvalue weighted by molar-refractivity contribution is 7.99. The van der Waals surface area contributed by atoms with Crippen LogP contribution in [0.5, 0.6) is 0 Å². The summed E-state index contributed by atoms with van der Waals surface area (Å²) in [5.41, 5.74) is 0.884. The normalized spacial score (nSPS) is 23.8. The Balaban J connectivity index is 1.76. The van der Waals surface area contributed by atoms with Gasteiger partial charge in [-0.15, -0.1) is 0 Å². The highest BCUT2D eigenvalue weighted by Crippen LogP contribution is 2.28. The van der Waals surface area contributed by atoms with Crippen LogP contribution in [0.2, 0.25) is 0 Å². The van der Waals surface area contributed by atoms with Crippen molar-refractivity contribution in [2.24, 2.45) is 0 Å². The van der Waals surface area contributed by atoms with E-state index in [0.29, 0.717) is 11.7 Å². The third-order valence-electron chi connectivity index (χ3n) is 4.21. The molecule has 1 aliphatic carbocycles. The zero-order valence-electron chi connectivity index (χ0n) is 13.3. The van der Waals surface area contributed by atoms with Crippen LogP contribution in [0.1, 0.15) is 44.3 Å². The standard InChI is InChI=1S/C17H26N2O2S/c1-12(11-15(20)13-7-4-3-5-8-13)18-17(21)19-14-9-6-10-16(14)22-2/h3-5,7-8,12,14-16,20H,6,9-11H2,1-2H3,(H2,18,19,21)/t12-,14+,15+,16-/m1/s1. The maximum atomic E-state index is 12.1. The van der Waals surface area contributed by atoms with E-state index in [4.69, 9.17) is 0 Å². The predicted octanol–water partition coefficient (Wildman–Crippen LogP) is 3.08. The smallest absolute Gasteiger partial charge is 0.315 e. The van der Waals surface area contributed by atoms with Gasteiger partial charge in [0.1, 0.15) is 0 Å². The molecule has 5 heteroatoms. The van der Waals surface area contributed by atoms with Gasteiger partial charge in [0.15, 0.2) is 0 Å². The van der Waals surface area contributed by atoms with Gasteiger partial charge >= 0.3 is 6.03 Å². The number of thioether (sulfide) groups is 1. The van der Waals surface area contributed by atoms with Crippen LogP contribution in [0.3, 0.4) is 0 Å². The lowest BCUT2D eigenvalue weighted by Gasteiger charge is -2.22. The molecule has 0 aromatic heterocycles. The summed E-state index contributed by atoms with van der Waals surface area (Å²) >= 11 is 1.83. The fourth-order valence-electron chi connectivity index (χ4n) is 3.01.